The number of ketones is 1. The number of rotatable bonds is 6. The Labute approximate surface area is 147 Å². The normalized spacial score (nSPS) is 11.0. The molecule has 0 fully saturated rings. The molecular formula is C18H15F3O5. The Hall–Kier alpha value is -3.03. The van der Waals surface area contributed by atoms with E-state index in [0.29, 0.717) is 11.8 Å². The van der Waals surface area contributed by atoms with Gasteiger partial charge in [-0.1, -0.05) is 6.07 Å². The van der Waals surface area contributed by atoms with Crippen molar-refractivity contribution >= 4 is 11.8 Å². The van der Waals surface area contributed by atoms with Crippen LogP contribution in [0, 0.1) is 0 Å². The molecule has 0 heterocycles. The summed E-state index contributed by atoms with van der Waals surface area (Å²) in [6.07, 6.45) is -4.58. The summed E-state index contributed by atoms with van der Waals surface area (Å²) in [6, 6.07) is 8.24. The summed E-state index contributed by atoms with van der Waals surface area (Å²) < 4.78 is 53.0. The number of halogens is 3. The second kappa shape index (κ2) is 7.90. The average molecular weight is 368 g/mol. The Balaban J connectivity index is 2.09. The van der Waals surface area contributed by atoms with Crippen LogP contribution in [-0.2, 0) is 10.9 Å². The number of Topliss-reactive ketones (excluding diaryl/α,β-unsaturated/α-hetero) is 1. The molecule has 0 atom stereocenters. The van der Waals surface area contributed by atoms with E-state index in [0.717, 1.165) is 12.1 Å². The first-order valence-electron chi connectivity index (χ1n) is 7.36. The lowest BCUT2D eigenvalue weighted by molar-refractivity contribution is -0.137. The summed E-state index contributed by atoms with van der Waals surface area (Å²) in [5, 5.41) is 0. The number of alkyl halides is 3. The summed E-state index contributed by atoms with van der Waals surface area (Å²) >= 11 is 0. The van der Waals surface area contributed by atoms with Crippen LogP contribution < -0.4 is 9.47 Å². The summed E-state index contributed by atoms with van der Waals surface area (Å²) in [5.41, 5.74) is -1.12. The molecule has 0 aliphatic carbocycles. The molecule has 2 aromatic rings. The van der Waals surface area contributed by atoms with Gasteiger partial charge in [-0.2, -0.15) is 13.2 Å². The van der Waals surface area contributed by atoms with Crippen molar-refractivity contribution in [2.45, 2.75) is 6.18 Å². The Morgan fingerprint density at radius 1 is 1.00 bits per heavy atom. The molecule has 0 aliphatic rings. The summed E-state index contributed by atoms with van der Waals surface area (Å²) in [7, 11) is 2.81. The van der Waals surface area contributed by atoms with Gasteiger partial charge in [0, 0.05) is 6.07 Å². The van der Waals surface area contributed by atoms with Gasteiger partial charge in [0.1, 0.15) is 11.5 Å². The van der Waals surface area contributed by atoms with Crippen molar-refractivity contribution in [2.24, 2.45) is 0 Å². The highest BCUT2D eigenvalue weighted by molar-refractivity contribution is 6.01. The predicted octanol–water partition coefficient (Wildman–Crippen LogP) is 3.76. The van der Waals surface area contributed by atoms with Gasteiger partial charge >= 0.3 is 12.1 Å². The largest absolute Gasteiger partial charge is 0.497 e. The number of ether oxygens (including phenoxy) is 3. The van der Waals surface area contributed by atoms with Crippen molar-refractivity contribution in [2.75, 3.05) is 20.8 Å². The highest BCUT2D eigenvalue weighted by Crippen LogP contribution is 2.29. The van der Waals surface area contributed by atoms with E-state index in [4.69, 9.17) is 14.2 Å². The highest BCUT2D eigenvalue weighted by atomic mass is 19.4. The maximum absolute atomic E-state index is 12.7. The molecule has 0 saturated carbocycles. The van der Waals surface area contributed by atoms with Gasteiger partial charge in [0.2, 0.25) is 5.78 Å². The van der Waals surface area contributed by atoms with Crippen LogP contribution in [0.1, 0.15) is 26.3 Å². The van der Waals surface area contributed by atoms with Gasteiger partial charge in [-0.05, 0) is 30.3 Å². The topological polar surface area (TPSA) is 61.8 Å². The summed E-state index contributed by atoms with van der Waals surface area (Å²) in [5.74, 6) is -0.898. The van der Waals surface area contributed by atoms with Crippen molar-refractivity contribution in [3.05, 3.63) is 59.2 Å². The average Bonchev–Trinajstić information content (AvgIpc) is 2.64. The summed E-state index contributed by atoms with van der Waals surface area (Å²) in [4.78, 5) is 24.1. The van der Waals surface area contributed by atoms with E-state index in [1.807, 2.05) is 0 Å². The van der Waals surface area contributed by atoms with Gasteiger partial charge in [0.25, 0.3) is 0 Å². The molecule has 0 amide bonds. The zero-order valence-corrected chi connectivity index (χ0v) is 13.9. The van der Waals surface area contributed by atoms with Crippen molar-refractivity contribution in [1.82, 2.24) is 0 Å². The van der Waals surface area contributed by atoms with Crippen LogP contribution in [-0.4, -0.2) is 32.6 Å². The molecule has 0 aliphatic heterocycles. The number of hydrogen-bond donors (Lipinski definition) is 0. The molecule has 0 spiro atoms. The Morgan fingerprint density at radius 3 is 2.35 bits per heavy atom. The molecule has 0 radical (unpaired) electrons. The molecule has 0 aromatic heterocycles. The standard InChI is InChI=1S/C18H15F3O5/c1-24-13-6-7-14(16(9-13)25-2)15(22)10-26-17(23)11-4-3-5-12(8-11)18(19,20)21/h3-9H,10H2,1-2H3. The number of hydrogen-bond acceptors (Lipinski definition) is 5. The molecule has 0 saturated heterocycles. The molecule has 0 unspecified atom stereocenters. The third-order valence-electron chi connectivity index (χ3n) is 3.47. The van der Waals surface area contributed by atoms with Gasteiger partial charge in [-0.3, -0.25) is 4.79 Å². The van der Waals surface area contributed by atoms with Gasteiger partial charge in [0.15, 0.2) is 6.61 Å². The van der Waals surface area contributed by atoms with Crippen LogP contribution in [0.3, 0.4) is 0 Å². The SMILES string of the molecule is COc1ccc(C(=O)COC(=O)c2cccc(C(F)(F)F)c2)c(OC)c1. The quantitative estimate of drug-likeness (QED) is 0.574. The molecule has 26 heavy (non-hydrogen) atoms. The van der Waals surface area contributed by atoms with E-state index in [9.17, 15) is 22.8 Å². The fraction of sp³-hybridized carbons (Fsp3) is 0.222. The van der Waals surface area contributed by atoms with E-state index in [1.165, 1.54) is 38.5 Å². The Bertz CT molecular complexity index is 815. The van der Waals surface area contributed by atoms with Crippen molar-refractivity contribution < 1.29 is 37.0 Å². The first-order chi connectivity index (χ1) is 12.3. The monoisotopic (exact) mass is 368 g/mol. The number of carbonyl (C=O) groups is 2. The molecule has 2 aromatic carbocycles. The minimum Gasteiger partial charge on any atom is -0.497 e. The third kappa shape index (κ3) is 4.53. The van der Waals surface area contributed by atoms with Gasteiger partial charge in [-0.15, -0.1) is 0 Å². The molecular weight excluding hydrogens is 353 g/mol. The van der Waals surface area contributed by atoms with Crippen LogP contribution >= 0.6 is 0 Å². The Morgan fingerprint density at radius 2 is 1.73 bits per heavy atom. The molecule has 0 N–H and O–H groups in total. The zero-order chi connectivity index (χ0) is 19.3. The number of benzene rings is 2. The second-order valence-electron chi connectivity index (χ2n) is 5.14. The lowest BCUT2D eigenvalue weighted by Gasteiger charge is -2.11. The van der Waals surface area contributed by atoms with Gasteiger partial charge in [-0.25, -0.2) is 4.79 Å². The fourth-order valence-corrected chi connectivity index (χ4v) is 2.14. The van der Waals surface area contributed by atoms with Gasteiger partial charge < -0.3 is 14.2 Å². The van der Waals surface area contributed by atoms with E-state index in [-0.39, 0.29) is 16.9 Å². The van der Waals surface area contributed by atoms with Crippen LogP contribution in [0.25, 0.3) is 0 Å². The molecule has 8 heteroatoms. The van der Waals surface area contributed by atoms with Crippen LogP contribution in [0.4, 0.5) is 13.2 Å². The van der Waals surface area contributed by atoms with Crippen LogP contribution in [0.2, 0.25) is 0 Å². The minimum absolute atomic E-state index is 0.158. The first-order valence-corrected chi connectivity index (χ1v) is 7.36. The first kappa shape index (κ1) is 19.3. The smallest absolute Gasteiger partial charge is 0.416 e. The highest BCUT2D eigenvalue weighted by Gasteiger charge is 2.31. The van der Waals surface area contributed by atoms with Crippen LogP contribution in [0.15, 0.2) is 42.5 Å². The zero-order valence-electron chi connectivity index (χ0n) is 13.9. The lowest BCUT2D eigenvalue weighted by atomic mass is 10.1. The molecule has 5 nitrogen and oxygen atoms in total. The maximum Gasteiger partial charge on any atom is 0.416 e. The Kier molecular flexibility index (Phi) is 5.86. The fourth-order valence-electron chi connectivity index (χ4n) is 2.14. The third-order valence-corrected chi connectivity index (χ3v) is 3.47. The number of carbonyl (C=O) groups excluding carboxylic acids is 2. The number of esters is 1. The van der Waals surface area contributed by atoms with E-state index < -0.39 is 30.1 Å². The van der Waals surface area contributed by atoms with Crippen molar-refractivity contribution in [1.29, 1.82) is 0 Å². The minimum atomic E-state index is -4.58. The molecule has 0 bridgehead atoms. The summed E-state index contributed by atoms with van der Waals surface area (Å²) in [6.45, 7) is -0.641. The molecule has 138 valence electrons. The van der Waals surface area contributed by atoms with Crippen LogP contribution in [0.5, 0.6) is 11.5 Å². The van der Waals surface area contributed by atoms with E-state index in [2.05, 4.69) is 0 Å². The molecule has 2 rings (SSSR count). The van der Waals surface area contributed by atoms with E-state index in [1.54, 1.807) is 0 Å². The van der Waals surface area contributed by atoms with Crippen molar-refractivity contribution in [3.8, 4) is 11.5 Å². The predicted molar refractivity (Wildman–Crippen MR) is 85.6 cm³/mol. The maximum atomic E-state index is 12.7. The van der Waals surface area contributed by atoms with Gasteiger partial charge in [0.05, 0.1) is 30.9 Å². The van der Waals surface area contributed by atoms with E-state index >= 15 is 0 Å². The number of methoxy groups -OCH3 is 2. The second-order valence-corrected chi connectivity index (χ2v) is 5.14. The lowest BCUT2D eigenvalue weighted by Crippen LogP contribution is -2.16. The van der Waals surface area contributed by atoms with Crippen molar-refractivity contribution in [3.63, 3.8) is 0 Å².